The molecule has 0 saturated heterocycles. The summed E-state index contributed by atoms with van der Waals surface area (Å²) < 4.78 is 5.43. The summed E-state index contributed by atoms with van der Waals surface area (Å²) in [6, 6.07) is 14.6. The second kappa shape index (κ2) is 6.85. The molecule has 0 bridgehead atoms. The summed E-state index contributed by atoms with van der Waals surface area (Å²) in [5.41, 5.74) is 4.07. The third-order valence-electron chi connectivity index (χ3n) is 4.23. The Morgan fingerprint density at radius 3 is 2.59 bits per heavy atom. The summed E-state index contributed by atoms with van der Waals surface area (Å²) >= 11 is 6.37. The molecule has 2 heterocycles. The highest BCUT2D eigenvalue weighted by Crippen LogP contribution is 2.30. The average Bonchev–Trinajstić information content (AvgIpc) is 3.01. The van der Waals surface area contributed by atoms with Gasteiger partial charge in [-0.2, -0.15) is 0 Å². The summed E-state index contributed by atoms with van der Waals surface area (Å²) in [4.78, 5) is 21.6. The van der Waals surface area contributed by atoms with Crippen LogP contribution in [0.1, 0.15) is 21.9 Å². The summed E-state index contributed by atoms with van der Waals surface area (Å²) in [5.74, 6) is 1.04. The molecule has 0 fully saturated rings. The number of rotatable bonds is 3. The molecule has 0 saturated carbocycles. The van der Waals surface area contributed by atoms with Gasteiger partial charge in [0.15, 0.2) is 0 Å². The van der Waals surface area contributed by atoms with Crippen LogP contribution in [0.3, 0.4) is 0 Å². The normalized spacial score (nSPS) is 10.9. The van der Waals surface area contributed by atoms with Crippen molar-refractivity contribution in [3.8, 4) is 11.3 Å². The summed E-state index contributed by atoms with van der Waals surface area (Å²) in [6.45, 7) is 3.57. The minimum atomic E-state index is -0.234. The molecule has 0 unspecified atom stereocenters. The van der Waals surface area contributed by atoms with E-state index in [4.69, 9.17) is 16.0 Å². The van der Waals surface area contributed by atoms with Crippen molar-refractivity contribution in [3.63, 3.8) is 0 Å². The van der Waals surface area contributed by atoms with Gasteiger partial charge in [0, 0.05) is 11.3 Å². The van der Waals surface area contributed by atoms with E-state index in [1.165, 1.54) is 0 Å². The highest BCUT2D eigenvalue weighted by molar-refractivity contribution is 6.33. The summed E-state index contributed by atoms with van der Waals surface area (Å²) in [5, 5.41) is 3.42. The zero-order chi connectivity index (χ0) is 19.0. The molecule has 2 aromatic heterocycles. The van der Waals surface area contributed by atoms with E-state index in [-0.39, 0.29) is 5.91 Å². The van der Waals surface area contributed by atoms with E-state index in [2.05, 4.69) is 15.3 Å². The fraction of sp³-hybridized carbons (Fsp3) is 0.0952. The molecular weight excluding hydrogens is 362 g/mol. The number of hydrogen-bond donors (Lipinski definition) is 1. The number of aromatic nitrogens is 2. The van der Waals surface area contributed by atoms with Crippen molar-refractivity contribution in [2.45, 2.75) is 13.8 Å². The minimum Gasteiger partial charge on any atom is -0.466 e. The van der Waals surface area contributed by atoms with Gasteiger partial charge in [0.25, 0.3) is 5.91 Å². The lowest BCUT2D eigenvalue weighted by molar-refractivity contribution is 0.102. The van der Waals surface area contributed by atoms with Crippen molar-refractivity contribution in [3.05, 3.63) is 76.8 Å². The van der Waals surface area contributed by atoms with Gasteiger partial charge in [-0.15, -0.1) is 0 Å². The zero-order valence-corrected chi connectivity index (χ0v) is 15.5. The van der Waals surface area contributed by atoms with Gasteiger partial charge in [-0.05, 0) is 50.2 Å². The maximum atomic E-state index is 12.5. The van der Waals surface area contributed by atoms with Crippen LogP contribution in [-0.4, -0.2) is 15.9 Å². The molecular formula is C21H16ClN3O2. The Morgan fingerprint density at radius 1 is 1.07 bits per heavy atom. The predicted molar refractivity (Wildman–Crippen MR) is 106 cm³/mol. The molecule has 1 N–H and O–H groups in total. The van der Waals surface area contributed by atoms with Crippen molar-refractivity contribution in [1.82, 2.24) is 9.97 Å². The van der Waals surface area contributed by atoms with Gasteiger partial charge in [0.05, 0.1) is 33.5 Å². The number of anilines is 1. The number of benzene rings is 2. The number of carbonyl (C=O) groups is 1. The minimum absolute atomic E-state index is 0.234. The number of carbonyl (C=O) groups excluding carboxylic acids is 1. The number of hydrogen-bond acceptors (Lipinski definition) is 4. The van der Waals surface area contributed by atoms with Gasteiger partial charge in [-0.1, -0.05) is 23.7 Å². The third-order valence-corrected chi connectivity index (χ3v) is 4.56. The largest absolute Gasteiger partial charge is 0.466 e. The Labute approximate surface area is 161 Å². The van der Waals surface area contributed by atoms with Crippen molar-refractivity contribution in [1.29, 1.82) is 0 Å². The Morgan fingerprint density at radius 2 is 1.85 bits per heavy atom. The van der Waals surface area contributed by atoms with Gasteiger partial charge >= 0.3 is 0 Å². The van der Waals surface area contributed by atoms with Crippen molar-refractivity contribution >= 4 is 34.2 Å². The zero-order valence-electron chi connectivity index (χ0n) is 14.8. The van der Waals surface area contributed by atoms with Crippen LogP contribution in [-0.2, 0) is 0 Å². The Hall–Kier alpha value is -3.18. The van der Waals surface area contributed by atoms with Gasteiger partial charge < -0.3 is 9.73 Å². The first-order valence-corrected chi connectivity index (χ1v) is 8.79. The fourth-order valence-electron chi connectivity index (χ4n) is 2.94. The highest BCUT2D eigenvalue weighted by atomic mass is 35.5. The van der Waals surface area contributed by atoms with Crippen molar-refractivity contribution < 1.29 is 9.21 Å². The van der Waals surface area contributed by atoms with Gasteiger partial charge in [-0.25, -0.2) is 4.98 Å². The van der Waals surface area contributed by atoms with Gasteiger partial charge in [0.2, 0.25) is 0 Å². The maximum absolute atomic E-state index is 12.5. The molecule has 2 aromatic carbocycles. The van der Waals surface area contributed by atoms with E-state index in [9.17, 15) is 4.79 Å². The highest BCUT2D eigenvalue weighted by Gasteiger charge is 2.15. The molecule has 0 aliphatic carbocycles. The third kappa shape index (κ3) is 3.41. The van der Waals surface area contributed by atoms with E-state index >= 15 is 0 Å². The van der Waals surface area contributed by atoms with Crippen LogP contribution in [0.15, 0.2) is 59.1 Å². The van der Waals surface area contributed by atoms with Gasteiger partial charge in [-0.3, -0.25) is 9.78 Å². The lowest BCUT2D eigenvalue weighted by Gasteiger charge is -2.09. The Bertz CT molecular complexity index is 1170. The number of nitrogens with one attached hydrogen (secondary N) is 1. The van der Waals surface area contributed by atoms with E-state index in [0.717, 1.165) is 11.0 Å². The Kier molecular flexibility index (Phi) is 4.38. The molecule has 5 nitrogen and oxygen atoms in total. The van der Waals surface area contributed by atoms with E-state index in [0.29, 0.717) is 39.1 Å². The van der Waals surface area contributed by atoms with Crippen LogP contribution < -0.4 is 5.32 Å². The van der Waals surface area contributed by atoms with Crippen LogP contribution in [0.2, 0.25) is 5.02 Å². The quantitative estimate of drug-likeness (QED) is 0.518. The molecule has 134 valence electrons. The average molecular weight is 378 g/mol. The molecule has 0 aliphatic heterocycles. The molecule has 0 aliphatic rings. The number of fused-ring (bicyclic) bond motifs is 1. The molecule has 1 amide bonds. The lowest BCUT2D eigenvalue weighted by atomic mass is 10.1. The van der Waals surface area contributed by atoms with Crippen LogP contribution in [0.5, 0.6) is 0 Å². The number of amides is 1. The molecule has 6 heteroatoms. The SMILES string of the molecule is Cc1cc(C(=O)Nc2ccc(Cl)c(-c3cnc4ccccc4n3)c2)c(C)o1. The van der Waals surface area contributed by atoms with Gasteiger partial charge in [0.1, 0.15) is 11.5 Å². The van der Waals surface area contributed by atoms with Crippen LogP contribution in [0, 0.1) is 13.8 Å². The van der Waals surface area contributed by atoms with Crippen LogP contribution in [0.4, 0.5) is 5.69 Å². The first kappa shape index (κ1) is 17.2. The monoisotopic (exact) mass is 377 g/mol. The van der Waals surface area contributed by atoms with E-state index in [1.54, 1.807) is 37.4 Å². The first-order chi connectivity index (χ1) is 13.0. The smallest absolute Gasteiger partial charge is 0.259 e. The Balaban J connectivity index is 1.68. The molecule has 27 heavy (non-hydrogen) atoms. The van der Waals surface area contributed by atoms with Crippen molar-refractivity contribution in [2.75, 3.05) is 5.32 Å². The molecule has 0 atom stereocenters. The van der Waals surface area contributed by atoms with Crippen molar-refractivity contribution in [2.24, 2.45) is 0 Å². The topological polar surface area (TPSA) is 68.0 Å². The maximum Gasteiger partial charge on any atom is 0.259 e. The fourth-order valence-corrected chi connectivity index (χ4v) is 3.16. The standard InChI is InChI=1S/C21H16ClN3O2/c1-12-9-15(13(2)27-12)21(26)24-14-7-8-17(22)16(10-14)20-11-23-18-5-3-4-6-19(18)25-20/h3-11H,1-2H3,(H,24,26). The predicted octanol–water partition coefficient (Wildman–Crippen LogP) is 5.41. The molecule has 4 rings (SSSR count). The second-order valence-corrected chi connectivity index (χ2v) is 6.63. The van der Waals surface area contributed by atoms with E-state index in [1.807, 2.05) is 31.2 Å². The van der Waals surface area contributed by atoms with Crippen LogP contribution in [0.25, 0.3) is 22.3 Å². The summed E-state index contributed by atoms with van der Waals surface area (Å²) in [6.07, 6.45) is 1.68. The lowest BCUT2D eigenvalue weighted by Crippen LogP contribution is -2.12. The number of para-hydroxylation sites is 2. The van der Waals surface area contributed by atoms with Crippen LogP contribution >= 0.6 is 11.6 Å². The number of halogens is 1. The number of aryl methyl sites for hydroxylation is 2. The number of nitrogens with zero attached hydrogens (tertiary/aromatic N) is 2. The number of furan rings is 1. The summed E-state index contributed by atoms with van der Waals surface area (Å²) in [7, 11) is 0. The second-order valence-electron chi connectivity index (χ2n) is 6.22. The molecule has 0 radical (unpaired) electrons. The first-order valence-electron chi connectivity index (χ1n) is 8.41. The van der Waals surface area contributed by atoms with E-state index < -0.39 is 0 Å². The molecule has 0 spiro atoms. The molecule has 4 aromatic rings.